The third-order valence-electron chi connectivity index (χ3n) is 3.75. The molecule has 1 aromatic rings. The second-order valence-corrected chi connectivity index (χ2v) is 6.08. The van der Waals surface area contributed by atoms with Gasteiger partial charge in [-0.05, 0) is 36.0 Å². The van der Waals surface area contributed by atoms with Crippen LogP contribution in [0.5, 0.6) is 5.75 Å². The molecule has 1 fully saturated rings. The highest BCUT2D eigenvalue weighted by Crippen LogP contribution is 2.29. The van der Waals surface area contributed by atoms with E-state index in [0.717, 1.165) is 31.8 Å². The van der Waals surface area contributed by atoms with Crippen molar-refractivity contribution < 1.29 is 4.74 Å². The van der Waals surface area contributed by atoms with Gasteiger partial charge in [0.2, 0.25) is 0 Å². The standard InChI is InChI=1S/C16H26N2O/c1-12(2)9-18-10-14(7-15(17)11-18)13-5-4-6-16(8-13)19-3/h4-6,8,12,14-15H,7,9-11,17H2,1-3H3. The van der Waals surface area contributed by atoms with Crippen LogP contribution in [0.3, 0.4) is 0 Å². The van der Waals surface area contributed by atoms with Crippen molar-refractivity contribution in [1.29, 1.82) is 0 Å². The molecule has 0 aliphatic carbocycles. The second kappa shape index (κ2) is 6.40. The Morgan fingerprint density at radius 3 is 2.84 bits per heavy atom. The molecule has 1 aliphatic heterocycles. The second-order valence-electron chi connectivity index (χ2n) is 6.08. The van der Waals surface area contributed by atoms with Crippen LogP contribution >= 0.6 is 0 Å². The van der Waals surface area contributed by atoms with Gasteiger partial charge in [0.15, 0.2) is 0 Å². The predicted octanol–water partition coefficient (Wildman–Crippen LogP) is 2.47. The van der Waals surface area contributed by atoms with Crippen LogP contribution in [-0.2, 0) is 0 Å². The van der Waals surface area contributed by atoms with Crippen LogP contribution in [0.15, 0.2) is 24.3 Å². The lowest BCUT2D eigenvalue weighted by molar-refractivity contribution is 0.171. The maximum absolute atomic E-state index is 6.23. The molecule has 0 saturated carbocycles. The summed E-state index contributed by atoms with van der Waals surface area (Å²) in [6, 6.07) is 8.69. The number of hydrogen-bond donors (Lipinski definition) is 1. The van der Waals surface area contributed by atoms with Crippen molar-refractivity contribution in [2.24, 2.45) is 11.7 Å². The summed E-state index contributed by atoms with van der Waals surface area (Å²) in [6.45, 7) is 7.80. The van der Waals surface area contributed by atoms with Gasteiger partial charge >= 0.3 is 0 Å². The number of benzene rings is 1. The van der Waals surface area contributed by atoms with E-state index in [9.17, 15) is 0 Å². The van der Waals surface area contributed by atoms with Crippen LogP contribution in [0.4, 0.5) is 0 Å². The zero-order valence-electron chi connectivity index (χ0n) is 12.3. The first-order valence-electron chi connectivity index (χ1n) is 7.20. The summed E-state index contributed by atoms with van der Waals surface area (Å²) >= 11 is 0. The van der Waals surface area contributed by atoms with Gasteiger partial charge in [0.25, 0.3) is 0 Å². The minimum Gasteiger partial charge on any atom is -0.497 e. The third kappa shape index (κ3) is 3.95. The molecule has 0 amide bonds. The minimum atomic E-state index is 0.281. The van der Waals surface area contributed by atoms with Crippen molar-refractivity contribution in [3.05, 3.63) is 29.8 Å². The summed E-state index contributed by atoms with van der Waals surface area (Å²) in [5.41, 5.74) is 7.58. The maximum Gasteiger partial charge on any atom is 0.119 e. The lowest BCUT2D eigenvalue weighted by Gasteiger charge is -2.37. The van der Waals surface area contributed by atoms with Gasteiger partial charge in [-0.15, -0.1) is 0 Å². The fourth-order valence-electron chi connectivity index (χ4n) is 3.03. The molecule has 2 atom stereocenters. The molecule has 2 unspecified atom stereocenters. The highest BCUT2D eigenvalue weighted by molar-refractivity contribution is 5.31. The molecular formula is C16H26N2O. The number of piperidine rings is 1. The zero-order valence-corrected chi connectivity index (χ0v) is 12.3. The van der Waals surface area contributed by atoms with Gasteiger partial charge < -0.3 is 15.4 Å². The lowest BCUT2D eigenvalue weighted by Crippen LogP contribution is -2.47. The predicted molar refractivity (Wildman–Crippen MR) is 79.6 cm³/mol. The van der Waals surface area contributed by atoms with E-state index in [1.54, 1.807) is 7.11 Å². The summed E-state index contributed by atoms with van der Waals surface area (Å²) in [5.74, 6) is 2.15. The van der Waals surface area contributed by atoms with Crippen molar-refractivity contribution in [2.45, 2.75) is 32.2 Å². The van der Waals surface area contributed by atoms with Gasteiger partial charge in [-0.1, -0.05) is 26.0 Å². The van der Waals surface area contributed by atoms with Crippen molar-refractivity contribution in [3.8, 4) is 5.75 Å². The number of hydrogen-bond acceptors (Lipinski definition) is 3. The van der Waals surface area contributed by atoms with Gasteiger partial charge in [-0.25, -0.2) is 0 Å². The Morgan fingerprint density at radius 2 is 2.16 bits per heavy atom. The number of nitrogens with two attached hydrogens (primary N) is 1. The topological polar surface area (TPSA) is 38.5 Å². The number of nitrogens with zero attached hydrogens (tertiary/aromatic N) is 1. The van der Waals surface area contributed by atoms with Crippen molar-refractivity contribution >= 4 is 0 Å². The fraction of sp³-hybridized carbons (Fsp3) is 0.625. The molecule has 2 rings (SSSR count). The number of ether oxygens (including phenoxy) is 1. The number of rotatable bonds is 4. The number of likely N-dealkylation sites (tertiary alicyclic amines) is 1. The molecule has 0 radical (unpaired) electrons. The van der Waals surface area contributed by atoms with E-state index in [1.165, 1.54) is 5.56 Å². The first-order valence-corrected chi connectivity index (χ1v) is 7.20. The van der Waals surface area contributed by atoms with E-state index in [0.29, 0.717) is 11.8 Å². The largest absolute Gasteiger partial charge is 0.497 e. The lowest BCUT2D eigenvalue weighted by atomic mass is 9.88. The van der Waals surface area contributed by atoms with E-state index in [2.05, 4.69) is 36.9 Å². The van der Waals surface area contributed by atoms with E-state index in [-0.39, 0.29) is 6.04 Å². The summed E-state index contributed by atoms with van der Waals surface area (Å²) in [6.07, 6.45) is 1.07. The fourth-order valence-corrected chi connectivity index (χ4v) is 3.03. The third-order valence-corrected chi connectivity index (χ3v) is 3.75. The monoisotopic (exact) mass is 262 g/mol. The van der Waals surface area contributed by atoms with Gasteiger partial charge in [-0.2, -0.15) is 0 Å². The highest BCUT2D eigenvalue weighted by atomic mass is 16.5. The molecule has 1 saturated heterocycles. The van der Waals surface area contributed by atoms with Crippen LogP contribution in [0.2, 0.25) is 0 Å². The Balaban J connectivity index is 2.09. The molecule has 1 aromatic carbocycles. The smallest absolute Gasteiger partial charge is 0.119 e. The van der Waals surface area contributed by atoms with Crippen molar-refractivity contribution in [1.82, 2.24) is 4.90 Å². The van der Waals surface area contributed by atoms with Crippen LogP contribution in [-0.4, -0.2) is 37.7 Å². The molecular weight excluding hydrogens is 236 g/mol. The Labute approximate surface area is 116 Å². The van der Waals surface area contributed by atoms with Crippen molar-refractivity contribution in [3.63, 3.8) is 0 Å². The Morgan fingerprint density at radius 1 is 1.37 bits per heavy atom. The van der Waals surface area contributed by atoms with E-state index >= 15 is 0 Å². The molecule has 0 spiro atoms. The molecule has 0 aromatic heterocycles. The SMILES string of the molecule is COc1cccc(C2CC(N)CN(CC(C)C)C2)c1. The van der Waals surface area contributed by atoms with Crippen LogP contribution in [0, 0.1) is 5.92 Å². The van der Waals surface area contributed by atoms with Crippen LogP contribution in [0.25, 0.3) is 0 Å². The maximum atomic E-state index is 6.23. The van der Waals surface area contributed by atoms with Gasteiger partial charge in [0.05, 0.1) is 7.11 Å². The number of methoxy groups -OCH3 is 1. The van der Waals surface area contributed by atoms with Gasteiger partial charge in [0.1, 0.15) is 5.75 Å². The molecule has 106 valence electrons. The van der Waals surface area contributed by atoms with E-state index < -0.39 is 0 Å². The normalized spacial score (nSPS) is 24.7. The molecule has 2 N–H and O–H groups in total. The zero-order chi connectivity index (χ0) is 13.8. The van der Waals surface area contributed by atoms with Gasteiger partial charge in [-0.3, -0.25) is 0 Å². The Bertz CT molecular complexity index is 403. The highest BCUT2D eigenvalue weighted by Gasteiger charge is 2.26. The van der Waals surface area contributed by atoms with Crippen LogP contribution < -0.4 is 10.5 Å². The van der Waals surface area contributed by atoms with Gasteiger partial charge in [0, 0.05) is 25.7 Å². The first kappa shape index (κ1) is 14.4. The Kier molecular flexibility index (Phi) is 4.83. The summed E-state index contributed by atoms with van der Waals surface area (Å²) in [4.78, 5) is 2.50. The van der Waals surface area contributed by atoms with E-state index in [4.69, 9.17) is 10.5 Å². The molecule has 1 aliphatic rings. The van der Waals surface area contributed by atoms with Crippen LogP contribution in [0.1, 0.15) is 31.7 Å². The van der Waals surface area contributed by atoms with Crippen molar-refractivity contribution in [2.75, 3.05) is 26.7 Å². The molecule has 3 heteroatoms. The molecule has 3 nitrogen and oxygen atoms in total. The first-order chi connectivity index (χ1) is 9.08. The molecule has 1 heterocycles. The summed E-state index contributed by atoms with van der Waals surface area (Å²) < 4.78 is 5.32. The average molecular weight is 262 g/mol. The minimum absolute atomic E-state index is 0.281. The average Bonchev–Trinajstić information content (AvgIpc) is 2.37. The van der Waals surface area contributed by atoms with E-state index in [1.807, 2.05) is 6.07 Å². The molecule has 19 heavy (non-hydrogen) atoms. The molecule has 0 bridgehead atoms. The summed E-state index contributed by atoms with van der Waals surface area (Å²) in [5, 5.41) is 0. The summed E-state index contributed by atoms with van der Waals surface area (Å²) in [7, 11) is 1.72. The Hall–Kier alpha value is -1.06. The quantitative estimate of drug-likeness (QED) is 0.906.